The molecule has 0 aromatic heterocycles. The van der Waals surface area contributed by atoms with Gasteiger partial charge in [-0.15, -0.1) is 0 Å². The maximum atomic E-state index is 10.7. The Bertz CT molecular complexity index is 134. The number of hydrogen-bond donors (Lipinski definition) is 1. The molecule has 0 fully saturated rings. The van der Waals surface area contributed by atoms with Gasteiger partial charge in [0.05, 0.1) is 16.9 Å². The van der Waals surface area contributed by atoms with E-state index in [0.29, 0.717) is 12.3 Å². The molecule has 0 amide bonds. The van der Waals surface area contributed by atoms with Gasteiger partial charge in [-0.25, -0.2) is 0 Å². The second-order valence-corrected chi connectivity index (χ2v) is 4.19. The summed E-state index contributed by atoms with van der Waals surface area (Å²) >= 11 is 4.04. The molecule has 1 aliphatic heterocycles. The van der Waals surface area contributed by atoms with E-state index in [1.165, 1.54) is 0 Å². The molecule has 0 saturated carbocycles. The van der Waals surface area contributed by atoms with Crippen molar-refractivity contribution < 1.29 is 4.21 Å². The zero-order chi connectivity index (χ0) is 5.98. The fraction of sp³-hybridized carbons (Fsp3) is 0.750. The summed E-state index contributed by atoms with van der Waals surface area (Å²) in [4.78, 5) is 3.91. The van der Waals surface area contributed by atoms with Gasteiger partial charge in [-0.2, -0.15) is 12.6 Å². The highest BCUT2D eigenvalue weighted by atomic mass is 32.2. The van der Waals surface area contributed by atoms with Crippen molar-refractivity contribution >= 4 is 29.6 Å². The summed E-state index contributed by atoms with van der Waals surface area (Å²) in [6, 6.07) is 0. The molecular formula is C4H7NOS2. The summed E-state index contributed by atoms with van der Waals surface area (Å²) in [5.74, 6) is 0.578. The van der Waals surface area contributed by atoms with E-state index in [0.717, 1.165) is 0 Å². The molecule has 2 unspecified atom stereocenters. The van der Waals surface area contributed by atoms with Crippen LogP contribution in [0.2, 0.25) is 0 Å². The normalized spacial score (nSPS) is 37.6. The molecule has 2 nitrogen and oxygen atoms in total. The minimum absolute atomic E-state index is 0.0278. The maximum absolute atomic E-state index is 10.7. The van der Waals surface area contributed by atoms with Crippen LogP contribution in [0.3, 0.4) is 0 Å². The van der Waals surface area contributed by atoms with Gasteiger partial charge in [0.25, 0.3) is 0 Å². The van der Waals surface area contributed by atoms with Gasteiger partial charge in [-0.1, -0.05) is 0 Å². The van der Waals surface area contributed by atoms with Gasteiger partial charge >= 0.3 is 0 Å². The van der Waals surface area contributed by atoms with Gasteiger partial charge in [0.2, 0.25) is 0 Å². The van der Waals surface area contributed by atoms with Crippen molar-refractivity contribution in [3.05, 3.63) is 0 Å². The number of rotatable bonds is 0. The molecule has 1 heterocycles. The molecule has 8 heavy (non-hydrogen) atoms. The van der Waals surface area contributed by atoms with Gasteiger partial charge in [0.15, 0.2) is 0 Å². The fourth-order valence-electron chi connectivity index (χ4n) is 0.485. The first-order valence-electron chi connectivity index (χ1n) is 2.34. The molecule has 0 aliphatic carbocycles. The average molecular weight is 149 g/mol. The minimum Gasteiger partial charge on any atom is -0.294 e. The Labute approximate surface area is 56.3 Å². The molecular weight excluding hydrogens is 142 g/mol. The summed E-state index contributed by atoms with van der Waals surface area (Å²) < 4.78 is 10.7. The van der Waals surface area contributed by atoms with E-state index in [1.807, 2.05) is 0 Å². The van der Waals surface area contributed by atoms with Crippen LogP contribution in [0.15, 0.2) is 4.99 Å². The van der Waals surface area contributed by atoms with Gasteiger partial charge in [0.1, 0.15) is 0 Å². The average Bonchev–Trinajstić information content (AvgIpc) is 1.77. The lowest BCUT2D eigenvalue weighted by atomic mass is 10.7. The second kappa shape index (κ2) is 2.64. The monoisotopic (exact) mass is 149 g/mol. The van der Waals surface area contributed by atoms with Gasteiger partial charge in [0, 0.05) is 17.0 Å². The van der Waals surface area contributed by atoms with E-state index >= 15 is 0 Å². The summed E-state index contributed by atoms with van der Waals surface area (Å²) in [5, 5.41) is 0. The third-order valence-corrected chi connectivity index (χ3v) is 3.04. The van der Waals surface area contributed by atoms with Crippen LogP contribution in [-0.2, 0) is 10.8 Å². The lowest BCUT2D eigenvalue weighted by Crippen LogP contribution is -2.20. The molecule has 0 bridgehead atoms. The van der Waals surface area contributed by atoms with Crippen LogP contribution in [0.4, 0.5) is 0 Å². The quantitative estimate of drug-likeness (QED) is 0.485. The first-order chi connectivity index (χ1) is 3.80. The van der Waals surface area contributed by atoms with Crippen LogP contribution in [0.25, 0.3) is 0 Å². The summed E-state index contributed by atoms with van der Waals surface area (Å²) in [7, 11) is -0.770. The standard InChI is InChI=1S/C4H7NOS2/c6-8-2-1-5-3-4(8)7/h1,4,7H,2-3H2. The number of nitrogens with zero attached hydrogens (tertiary/aromatic N) is 1. The van der Waals surface area contributed by atoms with Crippen molar-refractivity contribution in [1.82, 2.24) is 0 Å². The predicted octanol–water partition coefficient (Wildman–Crippen LogP) is 0.0754. The predicted molar refractivity (Wildman–Crippen MR) is 39.1 cm³/mol. The number of aliphatic imine (C=N–C) groups is 1. The van der Waals surface area contributed by atoms with E-state index in [9.17, 15) is 4.21 Å². The summed E-state index contributed by atoms with van der Waals surface area (Å²) in [6.07, 6.45) is 1.70. The molecule has 1 aliphatic rings. The van der Waals surface area contributed by atoms with Crippen molar-refractivity contribution in [3.63, 3.8) is 0 Å². The topological polar surface area (TPSA) is 29.4 Å². The second-order valence-electron chi connectivity index (χ2n) is 1.55. The van der Waals surface area contributed by atoms with Gasteiger partial charge in [-0.3, -0.25) is 9.20 Å². The summed E-state index contributed by atoms with van der Waals surface area (Å²) in [5.41, 5.74) is 0. The highest BCUT2D eigenvalue weighted by molar-refractivity contribution is 8.01. The molecule has 46 valence electrons. The highest BCUT2D eigenvalue weighted by Crippen LogP contribution is 2.04. The van der Waals surface area contributed by atoms with Crippen molar-refractivity contribution in [2.75, 3.05) is 12.3 Å². The smallest absolute Gasteiger partial charge is 0.0970 e. The molecule has 4 heteroatoms. The first-order valence-corrected chi connectivity index (χ1v) is 4.24. The summed E-state index contributed by atoms with van der Waals surface area (Å²) in [6.45, 7) is 0.607. The number of hydrogen-bond acceptors (Lipinski definition) is 3. The van der Waals surface area contributed by atoms with Crippen LogP contribution in [0.1, 0.15) is 0 Å². The van der Waals surface area contributed by atoms with Crippen molar-refractivity contribution in [2.24, 2.45) is 4.99 Å². The Balaban J connectivity index is 2.57. The maximum Gasteiger partial charge on any atom is 0.0970 e. The van der Waals surface area contributed by atoms with Crippen LogP contribution in [0.5, 0.6) is 0 Å². The van der Waals surface area contributed by atoms with Crippen molar-refractivity contribution in [1.29, 1.82) is 0 Å². The van der Waals surface area contributed by atoms with Gasteiger partial charge in [-0.05, 0) is 0 Å². The zero-order valence-electron chi connectivity index (χ0n) is 4.28. The largest absolute Gasteiger partial charge is 0.294 e. The Kier molecular flexibility index (Phi) is 2.08. The van der Waals surface area contributed by atoms with E-state index in [-0.39, 0.29) is 4.58 Å². The molecule has 1 rings (SSSR count). The highest BCUT2D eigenvalue weighted by Gasteiger charge is 2.12. The van der Waals surface area contributed by atoms with E-state index in [4.69, 9.17) is 0 Å². The van der Waals surface area contributed by atoms with Crippen molar-refractivity contribution in [3.8, 4) is 0 Å². The molecule has 2 atom stereocenters. The molecule has 0 aromatic rings. The van der Waals surface area contributed by atoms with Crippen LogP contribution >= 0.6 is 12.6 Å². The Morgan fingerprint density at radius 3 is 3.00 bits per heavy atom. The zero-order valence-corrected chi connectivity index (χ0v) is 5.99. The number of thiol groups is 1. The SMILES string of the molecule is O=S1CC=NCC1S. The van der Waals surface area contributed by atoms with Crippen molar-refractivity contribution in [2.45, 2.75) is 4.58 Å². The molecule has 0 aromatic carbocycles. The fourth-order valence-corrected chi connectivity index (χ4v) is 1.56. The minimum atomic E-state index is -0.770. The van der Waals surface area contributed by atoms with Crippen LogP contribution in [-0.4, -0.2) is 27.3 Å². The molecule has 0 spiro atoms. The Morgan fingerprint density at radius 1 is 1.88 bits per heavy atom. The molecule has 0 N–H and O–H groups in total. The lowest BCUT2D eigenvalue weighted by Gasteiger charge is -2.08. The van der Waals surface area contributed by atoms with Gasteiger partial charge < -0.3 is 0 Å². The van der Waals surface area contributed by atoms with Crippen LogP contribution in [0, 0.1) is 0 Å². The molecule has 0 radical (unpaired) electrons. The van der Waals surface area contributed by atoms with E-state index in [1.54, 1.807) is 6.21 Å². The third-order valence-electron chi connectivity index (χ3n) is 0.933. The molecule has 0 saturated heterocycles. The first kappa shape index (κ1) is 6.29. The Morgan fingerprint density at radius 2 is 2.62 bits per heavy atom. The van der Waals surface area contributed by atoms with E-state index < -0.39 is 10.8 Å². The lowest BCUT2D eigenvalue weighted by molar-refractivity contribution is 0.682. The third kappa shape index (κ3) is 1.32. The van der Waals surface area contributed by atoms with E-state index in [2.05, 4.69) is 17.6 Å². The Hall–Kier alpha value is 0.170. The van der Waals surface area contributed by atoms with Crippen LogP contribution < -0.4 is 0 Å².